The monoisotopic (exact) mass is 374 g/mol. The van der Waals surface area contributed by atoms with E-state index >= 15 is 0 Å². The van der Waals surface area contributed by atoms with Crippen molar-refractivity contribution in [2.24, 2.45) is 0 Å². The van der Waals surface area contributed by atoms with Crippen LogP contribution in [0, 0.1) is 0 Å². The molecule has 0 fully saturated rings. The zero-order valence-corrected chi connectivity index (χ0v) is 19.8. The second kappa shape index (κ2) is 7.19. The predicted molar refractivity (Wildman–Crippen MR) is 89.5 cm³/mol. The predicted octanol–water partition coefficient (Wildman–Crippen LogP) is 4.78. The Morgan fingerprint density at radius 3 is 1.00 bits per heavy atom. The molecule has 0 aliphatic heterocycles. The van der Waals surface area contributed by atoms with E-state index in [1.807, 2.05) is 13.8 Å². The summed E-state index contributed by atoms with van der Waals surface area (Å²) in [6, 6.07) is 0. The summed E-state index contributed by atoms with van der Waals surface area (Å²) >= 11 is -3.69. The minimum atomic E-state index is -3.69. The molecule has 0 amide bonds. The van der Waals surface area contributed by atoms with Crippen LogP contribution in [0.25, 0.3) is 0 Å². The van der Waals surface area contributed by atoms with Gasteiger partial charge in [0.05, 0.1) is 0 Å². The van der Waals surface area contributed by atoms with Crippen molar-refractivity contribution in [3.63, 3.8) is 0 Å². The van der Waals surface area contributed by atoms with Crippen LogP contribution in [0.1, 0.15) is 13.8 Å². The Morgan fingerprint density at radius 2 is 0.850 bits per heavy atom. The summed E-state index contributed by atoms with van der Waals surface area (Å²) < 4.78 is 25.4. The molecule has 0 aromatic heterocycles. The second-order valence-electron chi connectivity index (χ2n) is 8.31. The second-order valence-corrected chi connectivity index (χ2v) is 26.4. The van der Waals surface area contributed by atoms with Gasteiger partial charge in [0.15, 0.2) is 0 Å². The van der Waals surface area contributed by atoms with Gasteiger partial charge in [-0.05, 0) is 0 Å². The molecule has 0 aromatic rings. The molecule has 0 aliphatic carbocycles. The Bertz CT molecular complexity index is 265. The molecule has 0 bridgehead atoms. The van der Waals surface area contributed by atoms with E-state index < -0.39 is 43.1 Å². The maximum absolute atomic E-state index is 6.42. The number of hydrogen-bond donors (Lipinski definition) is 0. The molecule has 0 aromatic carbocycles. The zero-order chi connectivity index (χ0) is 16.4. The third-order valence-corrected chi connectivity index (χ3v) is 17.6. The topological polar surface area (TPSA) is 36.9 Å². The van der Waals surface area contributed by atoms with Gasteiger partial charge in [-0.2, -0.15) is 0 Å². The fourth-order valence-corrected chi connectivity index (χ4v) is 18.3. The van der Waals surface area contributed by atoms with Gasteiger partial charge in [0.25, 0.3) is 0 Å². The summed E-state index contributed by atoms with van der Waals surface area (Å²) in [5.74, 6) is 0. The summed E-state index contributed by atoms with van der Waals surface area (Å²) in [5.41, 5.74) is 0. The van der Waals surface area contributed by atoms with Crippen molar-refractivity contribution in [1.82, 2.24) is 0 Å². The first kappa shape index (κ1) is 21.2. The van der Waals surface area contributed by atoms with Crippen LogP contribution >= 0.6 is 0 Å². The average molecular weight is 375 g/mol. The van der Waals surface area contributed by atoms with Gasteiger partial charge in [-0.25, -0.2) is 0 Å². The zero-order valence-electron chi connectivity index (χ0n) is 15.2. The van der Waals surface area contributed by atoms with E-state index in [1.165, 1.54) is 0 Å². The molecule has 4 nitrogen and oxygen atoms in total. The van der Waals surface area contributed by atoms with Crippen LogP contribution in [0.5, 0.6) is 0 Å². The number of hydrogen-bond acceptors (Lipinski definition) is 4. The van der Waals surface area contributed by atoms with Crippen LogP contribution in [-0.4, -0.2) is 31.1 Å². The van der Waals surface area contributed by atoms with E-state index in [0.29, 0.717) is 0 Å². The Labute approximate surface area is 134 Å². The molecule has 0 N–H and O–H groups in total. The fourth-order valence-electron chi connectivity index (χ4n) is 1.55. The molecule has 122 valence electrons. The number of rotatable bonds is 8. The van der Waals surface area contributed by atoms with E-state index in [1.54, 1.807) is 0 Å². The molecule has 0 rings (SSSR count). The van der Waals surface area contributed by atoms with Gasteiger partial charge < -0.3 is 0 Å². The van der Waals surface area contributed by atoms with Crippen LogP contribution in [0.15, 0.2) is 0 Å². The van der Waals surface area contributed by atoms with Crippen molar-refractivity contribution in [3.05, 3.63) is 0 Å². The normalized spacial score (nSPS) is 15.0. The van der Waals surface area contributed by atoms with Crippen LogP contribution in [-0.2, 0) is 30.5 Å². The quantitative estimate of drug-likeness (QED) is 0.573. The van der Waals surface area contributed by atoms with Crippen molar-refractivity contribution in [2.75, 3.05) is 0 Å². The van der Waals surface area contributed by atoms with Crippen LogP contribution in [0.4, 0.5) is 0 Å². The average Bonchev–Trinajstić information content (AvgIpc) is 1.86. The summed E-state index contributed by atoms with van der Waals surface area (Å²) in [5, 5.41) is 0. The standard InChI is InChI=1S/3C3H9OSi.C3H7O.Ti/c3*1-5(2,3)4;1-3(2)4;/h3*1-3H3;3H,1-2H3;/q4*-1;+4. The molecule has 0 aliphatic rings. The molecule has 0 spiro atoms. The van der Waals surface area contributed by atoms with Crippen molar-refractivity contribution in [3.8, 4) is 0 Å². The molecule has 8 heteroatoms. The maximum atomic E-state index is 6.42. The summed E-state index contributed by atoms with van der Waals surface area (Å²) in [6.45, 7) is 23.5. The van der Waals surface area contributed by atoms with Crippen molar-refractivity contribution < 1.29 is 30.5 Å². The van der Waals surface area contributed by atoms with Crippen LogP contribution < -0.4 is 0 Å². The molecular formula is C12H34O4Si3Ti. The van der Waals surface area contributed by atoms with Gasteiger partial charge in [0.2, 0.25) is 0 Å². The summed E-state index contributed by atoms with van der Waals surface area (Å²) in [6.07, 6.45) is 0.0547. The van der Waals surface area contributed by atoms with E-state index in [9.17, 15) is 0 Å². The van der Waals surface area contributed by atoms with Gasteiger partial charge in [0.1, 0.15) is 0 Å². The third-order valence-electron chi connectivity index (χ3n) is 1.67. The Balaban J connectivity index is 5.50. The SMILES string of the molecule is CC(C)[O][Ti]([O][Si](C)(C)C)([O][Si](C)(C)C)[O][Si](C)(C)C. The minimum absolute atomic E-state index is 0.0547. The van der Waals surface area contributed by atoms with E-state index in [-0.39, 0.29) is 6.10 Å². The Morgan fingerprint density at radius 1 is 0.600 bits per heavy atom. The van der Waals surface area contributed by atoms with Crippen molar-refractivity contribution in [1.29, 1.82) is 0 Å². The molecular weight excluding hydrogens is 340 g/mol. The van der Waals surface area contributed by atoms with Gasteiger partial charge in [-0.15, -0.1) is 0 Å². The first-order chi connectivity index (χ1) is 8.54. The van der Waals surface area contributed by atoms with Crippen LogP contribution in [0.3, 0.4) is 0 Å². The fraction of sp³-hybridized carbons (Fsp3) is 1.00. The third kappa shape index (κ3) is 10.9. The van der Waals surface area contributed by atoms with E-state index in [2.05, 4.69) is 58.9 Å². The molecule has 0 radical (unpaired) electrons. The molecule has 0 atom stereocenters. The molecule has 0 unspecified atom stereocenters. The van der Waals surface area contributed by atoms with Crippen LogP contribution in [0.2, 0.25) is 58.9 Å². The van der Waals surface area contributed by atoms with Gasteiger partial charge in [-0.3, -0.25) is 0 Å². The molecule has 20 heavy (non-hydrogen) atoms. The summed E-state index contributed by atoms with van der Waals surface area (Å²) in [4.78, 5) is 0. The Hall–Kier alpha value is 1.20. The van der Waals surface area contributed by atoms with Crippen molar-refractivity contribution in [2.45, 2.75) is 78.9 Å². The summed E-state index contributed by atoms with van der Waals surface area (Å²) in [7, 11) is -5.42. The van der Waals surface area contributed by atoms with Gasteiger partial charge in [-0.1, -0.05) is 0 Å². The van der Waals surface area contributed by atoms with Crippen molar-refractivity contribution >= 4 is 25.0 Å². The molecule has 0 saturated heterocycles. The van der Waals surface area contributed by atoms with Gasteiger partial charge >= 0.3 is 134 Å². The first-order valence-corrected chi connectivity index (χ1v) is 20.1. The Kier molecular flexibility index (Phi) is 7.62. The molecule has 0 heterocycles. The van der Waals surface area contributed by atoms with Gasteiger partial charge in [0, 0.05) is 0 Å². The first-order valence-electron chi connectivity index (χ1n) is 7.32. The molecule has 0 saturated carbocycles. The van der Waals surface area contributed by atoms with E-state index in [4.69, 9.17) is 12.3 Å². The van der Waals surface area contributed by atoms with E-state index in [0.717, 1.165) is 0 Å².